The highest BCUT2D eigenvalue weighted by Gasteiger charge is 2.15. The Kier molecular flexibility index (Phi) is 4.11. The van der Waals surface area contributed by atoms with Gasteiger partial charge in [-0.1, -0.05) is 49.4 Å². The predicted molar refractivity (Wildman–Crippen MR) is 73.1 cm³/mol. The van der Waals surface area contributed by atoms with E-state index in [9.17, 15) is 4.39 Å². The third-order valence-electron chi connectivity index (χ3n) is 3.20. The van der Waals surface area contributed by atoms with Crippen LogP contribution in [0.1, 0.15) is 29.7 Å². The number of halogens is 1. The molecule has 0 bridgehead atoms. The van der Waals surface area contributed by atoms with Crippen molar-refractivity contribution in [3.63, 3.8) is 0 Å². The minimum atomic E-state index is -0.168. The Hall–Kier alpha value is -1.67. The molecule has 0 radical (unpaired) electrons. The van der Waals surface area contributed by atoms with Gasteiger partial charge in [0.05, 0.1) is 6.04 Å². The summed E-state index contributed by atoms with van der Waals surface area (Å²) >= 11 is 0. The Bertz CT molecular complexity index is 522. The van der Waals surface area contributed by atoms with E-state index in [4.69, 9.17) is 0 Å². The number of nitrogens with one attached hydrogen (secondary N) is 1. The van der Waals surface area contributed by atoms with Crippen LogP contribution in [0.25, 0.3) is 0 Å². The van der Waals surface area contributed by atoms with Crippen LogP contribution in [-0.4, -0.2) is 7.05 Å². The first-order valence-electron chi connectivity index (χ1n) is 6.26. The van der Waals surface area contributed by atoms with E-state index in [0.29, 0.717) is 5.56 Å². The van der Waals surface area contributed by atoms with Gasteiger partial charge in [-0.3, -0.25) is 0 Å². The van der Waals surface area contributed by atoms with Gasteiger partial charge in [0.25, 0.3) is 0 Å². The zero-order chi connectivity index (χ0) is 13.0. The van der Waals surface area contributed by atoms with Gasteiger partial charge in [-0.15, -0.1) is 0 Å². The SMILES string of the molecule is CCc1cccc(C(NC)c2ccccc2F)c1. The van der Waals surface area contributed by atoms with Crippen LogP contribution in [0.3, 0.4) is 0 Å². The second kappa shape index (κ2) is 5.78. The summed E-state index contributed by atoms with van der Waals surface area (Å²) in [6.07, 6.45) is 0.988. The molecule has 1 N–H and O–H groups in total. The maximum atomic E-state index is 13.9. The zero-order valence-electron chi connectivity index (χ0n) is 10.8. The van der Waals surface area contributed by atoms with Gasteiger partial charge in [0.2, 0.25) is 0 Å². The number of benzene rings is 2. The molecule has 0 aliphatic heterocycles. The lowest BCUT2D eigenvalue weighted by molar-refractivity contribution is 0.576. The quantitative estimate of drug-likeness (QED) is 0.863. The summed E-state index contributed by atoms with van der Waals surface area (Å²) in [5, 5.41) is 3.19. The predicted octanol–water partition coefficient (Wildman–Crippen LogP) is 3.70. The highest BCUT2D eigenvalue weighted by molar-refractivity contribution is 5.34. The molecule has 2 rings (SSSR count). The number of hydrogen-bond acceptors (Lipinski definition) is 1. The lowest BCUT2D eigenvalue weighted by Gasteiger charge is -2.18. The van der Waals surface area contributed by atoms with Gasteiger partial charge in [-0.2, -0.15) is 0 Å². The first-order valence-corrected chi connectivity index (χ1v) is 6.26. The molecule has 0 amide bonds. The number of hydrogen-bond donors (Lipinski definition) is 1. The molecule has 2 aromatic rings. The molecule has 0 spiro atoms. The van der Waals surface area contributed by atoms with Crippen LogP contribution in [0.15, 0.2) is 48.5 Å². The zero-order valence-corrected chi connectivity index (χ0v) is 10.8. The van der Waals surface area contributed by atoms with Gasteiger partial charge >= 0.3 is 0 Å². The Morgan fingerprint density at radius 2 is 1.89 bits per heavy atom. The Balaban J connectivity index is 2.42. The molecule has 1 unspecified atom stereocenters. The second-order valence-electron chi connectivity index (χ2n) is 4.34. The molecule has 0 aromatic heterocycles. The average Bonchev–Trinajstić information content (AvgIpc) is 2.42. The summed E-state index contributed by atoms with van der Waals surface area (Å²) in [7, 11) is 1.86. The fraction of sp³-hybridized carbons (Fsp3) is 0.250. The van der Waals surface area contributed by atoms with Gasteiger partial charge in [-0.05, 0) is 30.7 Å². The Labute approximate surface area is 108 Å². The first-order chi connectivity index (χ1) is 8.76. The van der Waals surface area contributed by atoms with E-state index < -0.39 is 0 Å². The van der Waals surface area contributed by atoms with Gasteiger partial charge in [0.1, 0.15) is 5.82 Å². The smallest absolute Gasteiger partial charge is 0.128 e. The fourth-order valence-corrected chi connectivity index (χ4v) is 2.20. The van der Waals surface area contributed by atoms with Crippen LogP contribution in [0.5, 0.6) is 0 Å². The summed E-state index contributed by atoms with van der Waals surface area (Å²) in [5.74, 6) is -0.168. The molecule has 0 aliphatic carbocycles. The molecule has 18 heavy (non-hydrogen) atoms. The van der Waals surface area contributed by atoms with E-state index >= 15 is 0 Å². The van der Waals surface area contributed by atoms with E-state index in [1.165, 1.54) is 11.6 Å². The fourth-order valence-electron chi connectivity index (χ4n) is 2.20. The molecular weight excluding hydrogens is 225 g/mol. The highest BCUT2D eigenvalue weighted by Crippen LogP contribution is 2.24. The Morgan fingerprint density at radius 1 is 1.11 bits per heavy atom. The topological polar surface area (TPSA) is 12.0 Å². The minimum Gasteiger partial charge on any atom is -0.309 e. The van der Waals surface area contributed by atoms with Crippen LogP contribution in [-0.2, 0) is 6.42 Å². The van der Waals surface area contributed by atoms with Crippen LogP contribution in [0.4, 0.5) is 4.39 Å². The van der Waals surface area contributed by atoms with Gasteiger partial charge in [-0.25, -0.2) is 4.39 Å². The molecule has 0 aliphatic rings. The maximum absolute atomic E-state index is 13.9. The monoisotopic (exact) mass is 243 g/mol. The van der Waals surface area contributed by atoms with Gasteiger partial charge in [0.15, 0.2) is 0 Å². The third-order valence-corrected chi connectivity index (χ3v) is 3.20. The lowest BCUT2D eigenvalue weighted by Crippen LogP contribution is -2.19. The van der Waals surface area contributed by atoms with E-state index in [1.54, 1.807) is 6.07 Å². The molecule has 1 nitrogen and oxygen atoms in total. The molecule has 0 saturated heterocycles. The summed E-state index contributed by atoms with van der Waals surface area (Å²) < 4.78 is 13.9. The van der Waals surface area contributed by atoms with E-state index in [-0.39, 0.29) is 11.9 Å². The molecule has 94 valence electrons. The summed E-state index contributed by atoms with van der Waals surface area (Å²) in [6, 6.07) is 15.1. The minimum absolute atomic E-state index is 0.0994. The Morgan fingerprint density at radius 3 is 2.56 bits per heavy atom. The normalized spacial score (nSPS) is 12.4. The first kappa shape index (κ1) is 12.8. The summed E-state index contributed by atoms with van der Waals surface area (Å²) in [5.41, 5.74) is 3.05. The van der Waals surface area contributed by atoms with Gasteiger partial charge < -0.3 is 5.32 Å². The van der Waals surface area contributed by atoms with Crippen molar-refractivity contribution in [2.75, 3.05) is 7.05 Å². The van der Waals surface area contributed by atoms with Crippen molar-refractivity contribution in [2.45, 2.75) is 19.4 Å². The van der Waals surface area contributed by atoms with Crippen molar-refractivity contribution in [2.24, 2.45) is 0 Å². The van der Waals surface area contributed by atoms with Crippen LogP contribution in [0, 0.1) is 5.82 Å². The van der Waals surface area contributed by atoms with Crippen LogP contribution in [0.2, 0.25) is 0 Å². The van der Waals surface area contributed by atoms with Crippen molar-refractivity contribution in [1.29, 1.82) is 0 Å². The second-order valence-corrected chi connectivity index (χ2v) is 4.34. The van der Waals surface area contributed by atoms with Crippen molar-refractivity contribution >= 4 is 0 Å². The van der Waals surface area contributed by atoms with Crippen molar-refractivity contribution < 1.29 is 4.39 Å². The number of rotatable bonds is 4. The molecular formula is C16H18FN. The summed E-state index contributed by atoms with van der Waals surface area (Å²) in [6.45, 7) is 2.12. The molecule has 0 heterocycles. The van der Waals surface area contributed by atoms with Gasteiger partial charge in [0, 0.05) is 5.56 Å². The maximum Gasteiger partial charge on any atom is 0.128 e. The van der Waals surface area contributed by atoms with Crippen LogP contribution < -0.4 is 5.32 Å². The van der Waals surface area contributed by atoms with Crippen LogP contribution >= 0.6 is 0 Å². The third kappa shape index (κ3) is 2.59. The van der Waals surface area contributed by atoms with Crippen molar-refractivity contribution in [3.8, 4) is 0 Å². The highest BCUT2D eigenvalue weighted by atomic mass is 19.1. The number of aryl methyl sites for hydroxylation is 1. The summed E-state index contributed by atoms with van der Waals surface area (Å²) in [4.78, 5) is 0. The average molecular weight is 243 g/mol. The standard InChI is InChI=1S/C16H18FN/c1-3-12-7-6-8-13(11-12)16(18-2)14-9-4-5-10-15(14)17/h4-11,16,18H,3H2,1-2H3. The molecule has 0 fully saturated rings. The van der Waals surface area contributed by atoms with E-state index in [1.807, 2.05) is 31.3 Å². The van der Waals surface area contributed by atoms with E-state index in [0.717, 1.165) is 12.0 Å². The van der Waals surface area contributed by atoms with Crippen molar-refractivity contribution in [3.05, 3.63) is 71.0 Å². The largest absolute Gasteiger partial charge is 0.309 e. The molecule has 2 aromatic carbocycles. The molecule has 0 saturated carbocycles. The molecule has 1 atom stereocenters. The lowest BCUT2D eigenvalue weighted by atomic mass is 9.96. The van der Waals surface area contributed by atoms with Crippen molar-refractivity contribution in [1.82, 2.24) is 5.32 Å². The molecule has 2 heteroatoms. The van der Waals surface area contributed by atoms with E-state index in [2.05, 4.69) is 24.4 Å².